The molecule has 2 aromatic carbocycles. The zero-order valence-electron chi connectivity index (χ0n) is 16.2. The fraction of sp³-hybridized carbons (Fsp3) is 0.217. The van der Waals surface area contributed by atoms with Crippen molar-refractivity contribution in [1.82, 2.24) is 15.0 Å². The highest BCUT2D eigenvalue weighted by Crippen LogP contribution is 2.35. The normalized spacial score (nSPS) is 17.5. The Labute approximate surface area is 174 Å². The number of hydrazine groups is 1. The molecule has 0 radical (unpaired) electrons. The van der Waals surface area contributed by atoms with E-state index in [1.165, 1.54) is 10.4 Å². The van der Waals surface area contributed by atoms with Crippen LogP contribution in [0.1, 0.15) is 6.92 Å². The van der Waals surface area contributed by atoms with Crippen molar-refractivity contribution in [2.45, 2.75) is 13.0 Å². The summed E-state index contributed by atoms with van der Waals surface area (Å²) in [6.45, 7) is 4.41. The molecule has 0 aliphatic carbocycles. The molecule has 5 nitrogen and oxygen atoms in total. The predicted molar refractivity (Wildman–Crippen MR) is 118 cm³/mol. The Morgan fingerprint density at radius 2 is 1.97 bits per heavy atom. The number of para-hydroxylation sites is 1. The van der Waals surface area contributed by atoms with E-state index in [2.05, 4.69) is 81.9 Å². The van der Waals surface area contributed by atoms with Crippen LogP contribution in [-0.2, 0) is 4.74 Å². The van der Waals surface area contributed by atoms with Crippen LogP contribution in [0.25, 0.3) is 21.3 Å². The Morgan fingerprint density at radius 1 is 1.07 bits per heavy atom. The monoisotopic (exact) mass is 402 g/mol. The number of aromatic nitrogens is 2. The molecule has 0 bridgehead atoms. The van der Waals surface area contributed by atoms with Crippen molar-refractivity contribution in [1.29, 1.82) is 0 Å². The van der Waals surface area contributed by atoms with Crippen LogP contribution in [0.15, 0.2) is 72.4 Å². The summed E-state index contributed by atoms with van der Waals surface area (Å²) in [4.78, 5) is 10.5. The third-order valence-electron chi connectivity index (χ3n) is 5.21. The van der Waals surface area contributed by atoms with Gasteiger partial charge in [-0.15, -0.1) is 11.3 Å². The van der Waals surface area contributed by atoms with E-state index in [1.807, 2.05) is 6.07 Å². The van der Waals surface area contributed by atoms with Gasteiger partial charge in [0.1, 0.15) is 6.33 Å². The van der Waals surface area contributed by atoms with Crippen molar-refractivity contribution in [3.63, 3.8) is 0 Å². The summed E-state index contributed by atoms with van der Waals surface area (Å²) < 4.78 is 5.69. The maximum absolute atomic E-state index is 5.69. The number of morpholine rings is 1. The van der Waals surface area contributed by atoms with Crippen LogP contribution < -0.4 is 5.01 Å². The standard InChI is InChI=1S/C23H22N4OS/c1-17-15-28-12-11-26(17)27(19-6-3-2-4-7-19)23-20-14-18(22-8-5-13-29-22)9-10-21(20)24-16-25-23/h2-10,13-14,16-17H,11-12,15H2,1H3. The summed E-state index contributed by atoms with van der Waals surface area (Å²) in [6, 6.07) is 21.3. The van der Waals surface area contributed by atoms with Gasteiger partial charge in [0, 0.05) is 16.8 Å². The smallest absolute Gasteiger partial charge is 0.159 e. The van der Waals surface area contributed by atoms with Crippen molar-refractivity contribution in [3.05, 3.63) is 72.4 Å². The Bertz CT molecular complexity index is 1100. The van der Waals surface area contributed by atoms with Crippen molar-refractivity contribution >= 4 is 33.7 Å². The first kappa shape index (κ1) is 18.2. The number of benzene rings is 2. The average Bonchev–Trinajstić information content (AvgIpc) is 3.31. The lowest BCUT2D eigenvalue weighted by atomic mass is 10.1. The zero-order valence-corrected chi connectivity index (χ0v) is 17.0. The van der Waals surface area contributed by atoms with Crippen molar-refractivity contribution in [2.24, 2.45) is 0 Å². The molecule has 0 N–H and O–H groups in total. The summed E-state index contributed by atoms with van der Waals surface area (Å²) >= 11 is 1.74. The predicted octanol–water partition coefficient (Wildman–Crippen LogP) is 5.13. The minimum absolute atomic E-state index is 0.245. The maximum atomic E-state index is 5.69. The first-order valence-electron chi connectivity index (χ1n) is 9.79. The summed E-state index contributed by atoms with van der Waals surface area (Å²) in [5.74, 6) is 0.897. The lowest BCUT2D eigenvalue weighted by Gasteiger charge is -2.42. The number of anilines is 2. The molecule has 1 aliphatic heterocycles. The number of hydrogen-bond acceptors (Lipinski definition) is 6. The molecule has 1 atom stereocenters. The van der Waals surface area contributed by atoms with Gasteiger partial charge in [0.2, 0.25) is 0 Å². The third kappa shape index (κ3) is 3.51. The molecule has 6 heteroatoms. The number of ether oxygens (including phenoxy) is 1. The van der Waals surface area contributed by atoms with E-state index in [1.54, 1.807) is 17.7 Å². The molecule has 1 aliphatic rings. The SMILES string of the molecule is CC1COCCN1N(c1ccccc1)c1ncnc2ccc(-c3cccs3)cc12. The zero-order chi connectivity index (χ0) is 19.6. The second kappa shape index (κ2) is 7.91. The first-order valence-corrected chi connectivity index (χ1v) is 10.7. The van der Waals surface area contributed by atoms with Gasteiger partial charge in [0.05, 0.1) is 30.5 Å². The van der Waals surface area contributed by atoms with Crippen LogP contribution in [-0.4, -0.2) is 40.8 Å². The largest absolute Gasteiger partial charge is 0.378 e. The van der Waals surface area contributed by atoms with E-state index < -0.39 is 0 Å². The van der Waals surface area contributed by atoms with Crippen molar-refractivity contribution in [2.75, 3.05) is 24.8 Å². The molecule has 3 heterocycles. The first-order chi connectivity index (χ1) is 14.3. The van der Waals surface area contributed by atoms with Crippen LogP contribution in [0.5, 0.6) is 0 Å². The van der Waals surface area contributed by atoms with Gasteiger partial charge < -0.3 is 4.74 Å². The fourth-order valence-electron chi connectivity index (χ4n) is 3.78. The number of fused-ring (bicyclic) bond motifs is 1. The highest BCUT2D eigenvalue weighted by atomic mass is 32.1. The highest BCUT2D eigenvalue weighted by Gasteiger charge is 2.28. The third-order valence-corrected chi connectivity index (χ3v) is 6.13. The molecule has 1 saturated heterocycles. The van der Waals surface area contributed by atoms with Gasteiger partial charge in [-0.25, -0.2) is 15.0 Å². The minimum Gasteiger partial charge on any atom is -0.378 e. The van der Waals surface area contributed by atoms with Crippen LogP contribution in [0.3, 0.4) is 0 Å². The molecule has 5 rings (SSSR count). The van der Waals surface area contributed by atoms with Crippen LogP contribution in [0.2, 0.25) is 0 Å². The molecular weight excluding hydrogens is 380 g/mol. The lowest BCUT2D eigenvalue weighted by molar-refractivity contribution is -0.000585. The van der Waals surface area contributed by atoms with Crippen molar-refractivity contribution < 1.29 is 4.74 Å². The highest BCUT2D eigenvalue weighted by molar-refractivity contribution is 7.13. The van der Waals surface area contributed by atoms with Gasteiger partial charge >= 0.3 is 0 Å². The summed E-state index contributed by atoms with van der Waals surface area (Å²) in [5.41, 5.74) is 3.21. The van der Waals surface area contributed by atoms with E-state index >= 15 is 0 Å². The van der Waals surface area contributed by atoms with E-state index in [4.69, 9.17) is 9.72 Å². The number of nitrogens with zero attached hydrogens (tertiary/aromatic N) is 4. The van der Waals surface area contributed by atoms with Crippen LogP contribution in [0.4, 0.5) is 11.5 Å². The number of rotatable bonds is 4. The molecule has 1 unspecified atom stereocenters. The van der Waals surface area contributed by atoms with Crippen LogP contribution >= 0.6 is 11.3 Å². The Hall–Kier alpha value is -2.80. The molecule has 146 valence electrons. The Balaban J connectivity index is 1.70. The summed E-state index contributed by atoms with van der Waals surface area (Å²) in [7, 11) is 0. The second-order valence-electron chi connectivity index (χ2n) is 7.14. The van der Waals surface area contributed by atoms with Crippen molar-refractivity contribution in [3.8, 4) is 10.4 Å². The fourth-order valence-corrected chi connectivity index (χ4v) is 4.51. The minimum atomic E-state index is 0.245. The van der Waals surface area contributed by atoms with E-state index in [9.17, 15) is 0 Å². The van der Waals surface area contributed by atoms with E-state index in [0.717, 1.165) is 29.0 Å². The summed E-state index contributed by atoms with van der Waals surface area (Å²) in [6.07, 6.45) is 1.66. The molecule has 0 saturated carbocycles. The van der Waals surface area contributed by atoms with Gasteiger partial charge in [0.25, 0.3) is 0 Å². The maximum Gasteiger partial charge on any atom is 0.159 e. The van der Waals surface area contributed by atoms with Gasteiger partial charge in [0.15, 0.2) is 5.82 Å². The van der Waals surface area contributed by atoms with Crippen LogP contribution in [0, 0.1) is 0 Å². The molecular formula is C23H22N4OS. The topological polar surface area (TPSA) is 41.5 Å². The molecule has 1 fully saturated rings. The molecule has 0 spiro atoms. The lowest BCUT2D eigenvalue weighted by Crippen LogP contribution is -2.52. The molecule has 29 heavy (non-hydrogen) atoms. The quantitative estimate of drug-likeness (QED) is 0.473. The van der Waals surface area contributed by atoms with E-state index in [-0.39, 0.29) is 6.04 Å². The number of thiophene rings is 1. The molecule has 4 aromatic rings. The van der Waals surface area contributed by atoms with Gasteiger partial charge in [-0.05, 0) is 48.2 Å². The van der Waals surface area contributed by atoms with E-state index in [0.29, 0.717) is 13.2 Å². The van der Waals surface area contributed by atoms with Gasteiger partial charge in [-0.3, -0.25) is 5.01 Å². The average molecular weight is 403 g/mol. The number of hydrogen-bond donors (Lipinski definition) is 0. The molecule has 2 aromatic heterocycles. The Morgan fingerprint density at radius 3 is 2.76 bits per heavy atom. The summed E-state index contributed by atoms with van der Waals surface area (Å²) in [5, 5.41) is 7.72. The van der Waals surface area contributed by atoms with Gasteiger partial charge in [-0.2, -0.15) is 0 Å². The van der Waals surface area contributed by atoms with Gasteiger partial charge in [-0.1, -0.05) is 30.3 Å². The second-order valence-corrected chi connectivity index (χ2v) is 8.09. The molecule has 0 amide bonds. The Kier molecular flexibility index (Phi) is 4.97.